The van der Waals surface area contributed by atoms with Gasteiger partial charge in [0.1, 0.15) is 0 Å². The number of hydrogen-bond donors (Lipinski definition) is 1. The van der Waals surface area contributed by atoms with Crippen LogP contribution in [-0.2, 0) is 14.6 Å². The maximum Gasteiger partial charge on any atom is 0.320 e. The number of nitrogens with zero attached hydrogens (tertiary/aromatic N) is 2. The summed E-state index contributed by atoms with van der Waals surface area (Å²) in [6, 6.07) is -0.472. The third kappa shape index (κ3) is 3.30. The molecule has 2 saturated heterocycles. The van der Waals surface area contributed by atoms with Gasteiger partial charge in [-0.15, -0.1) is 0 Å². The molecule has 0 aromatic carbocycles. The molecule has 7 nitrogen and oxygen atoms in total. The number of rotatable bonds is 2. The monoisotopic (exact) mass is 318 g/mol. The van der Waals surface area contributed by atoms with Crippen LogP contribution in [0.4, 0.5) is 4.79 Å². The number of aliphatic carboxylic acids is 1. The molecule has 0 spiro atoms. The number of hydrogen-bond acceptors (Lipinski definition) is 4. The second-order valence-electron chi connectivity index (χ2n) is 6.30. The van der Waals surface area contributed by atoms with Crippen molar-refractivity contribution in [2.75, 3.05) is 31.6 Å². The lowest BCUT2D eigenvalue weighted by Crippen LogP contribution is -2.51. The van der Waals surface area contributed by atoms with Crippen LogP contribution < -0.4 is 0 Å². The number of piperidine rings is 1. The SMILES string of the molecule is CN(C(=O)N1CCC(C)(C(=O)O)CC1)C1CCS(=O)(=O)C1. The summed E-state index contributed by atoms with van der Waals surface area (Å²) in [5, 5.41) is 9.18. The summed E-state index contributed by atoms with van der Waals surface area (Å²) in [5.74, 6) is -0.674. The van der Waals surface area contributed by atoms with E-state index in [1.54, 1.807) is 18.9 Å². The van der Waals surface area contributed by atoms with Gasteiger partial charge in [0.15, 0.2) is 9.84 Å². The van der Waals surface area contributed by atoms with E-state index in [0.717, 1.165) is 0 Å². The van der Waals surface area contributed by atoms with Crippen molar-refractivity contribution in [3.05, 3.63) is 0 Å². The van der Waals surface area contributed by atoms with E-state index in [4.69, 9.17) is 0 Å². The topological polar surface area (TPSA) is 95.0 Å². The Hall–Kier alpha value is -1.31. The fourth-order valence-corrected chi connectivity index (χ4v) is 4.64. The number of carboxylic acid groups (broad SMARTS) is 1. The van der Waals surface area contributed by atoms with Gasteiger partial charge in [-0.05, 0) is 26.2 Å². The lowest BCUT2D eigenvalue weighted by atomic mass is 9.80. The molecule has 2 heterocycles. The smallest absolute Gasteiger partial charge is 0.320 e. The highest BCUT2D eigenvalue weighted by Crippen LogP contribution is 2.31. The minimum atomic E-state index is -3.02. The van der Waals surface area contributed by atoms with Crippen molar-refractivity contribution in [3.63, 3.8) is 0 Å². The zero-order chi connectivity index (χ0) is 15.8. The summed E-state index contributed by atoms with van der Waals surface area (Å²) in [5.41, 5.74) is -0.772. The molecule has 2 fully saturated rings. The molecule has 2 aliphatic heterocycles. The molecule has 120 valence electrons. The maximum absolute atomic E-state index is 12.4. The second-order valence-corrected chi connectivity index (χ2v) is 8.53. The van der Waals surface area contributed by atoms with E-state index >= 15 is 0 Å². The molecule has 0 saturated carbocycles. The number of likely N-dealkylation sites (tertiary alicyclic amines) is 1. The number of amides is 2. The first-order valence-corrected chi connectivity index (χ1v) is 8.92. The van der Waals surface area contributed by atoms with Gasteiger partial charge in [-0.1, -0.05) is 0 Å². The van der Waals surface area contributed by atoms with Gasteiger partial charge >= 0.3 is 12.0 Å². The molecule has 0 aromatic heterocycles. The van der Waals surface area contributed by atoms with Crippen molar-refractivity contribution in [2.45, 2.75) is 32.2 Å². The Morgan fingerprint density at radius 3 is 2.29 bits per heavy atom. The van der Waals surface area contributed by atoms with Crippen molar-refractivity contribution in [3.8, 4) is 0 Å². The fraction of sp³-hybridized carbons (Fsp3) is 0.846. The zero-order valence-electron chi connectivity index (χ0n) is 12.4. The normalized spacial score (nSPS) is 27.3. The average Bonchev–Trinajstić information content (AvgIpc) is 2.78. The molecule has 8 heteroatoms. The average molecular weight is 318 g/mol. The van der Waals surface area contributed by atoms with Gasteiger partial charge in [0, 0.05) is 26.2 Å². The van der Waals surface area contributed by atoms with Crippen LogP contribution in [0.5, 0.6) is 0 Å². The summed E-state index contributed by atoms with van der Waals surface area (Å²) >= 11 is 0. The Morgan fingerprint density at radius 1 is 1.29 bits per heavy atom. The minimum Gasteiger partial charge on any atom is -0.481 e. The van der Waals surface area contributed by atoms with Crippen LogP contribution in [0.25, 0.3) is 0 Å². The number of carboxylic acids is 1. The lowest BCUT2D eigenvalue weighted by molar-refractivity contribution is -0.150. The Kier molecular flexibility index (Phi) is 4.19. The minimum absolute atomic E-state index is 0.0237. The molecule has 0 radical (unpaired) electrons. The highest BCUT2D eigenvalue weighted by Gasteiger charge is 2.40. The molecular formula is C13H22N2O5S. The second kappa shape index (κ2) is 5.47. The molecule has 1 atom stereocenters. The van der Waals surface area contributed by atoms with Gasteiger partial charge in [-0.2, -0.15) is 0 Å². The van der Waals surface area contributed by atoms with E-state index in [9.17, 15) is 23.1 Å². The molecule has 2 rings (SSSR count). The van der Waals surface area contributed by atoms with Gasteiger partial charge in [0.25, 0.3) is 0 Å². The van der Waals surface area contributed by atoms with E-state index in [1.807, 2.05) is 0 Å². The Balaban J connectivity index is 1.95. The number of sulfone groups is 1. The summed E-state index contributed by atoms with van der Waals surface area (Å²) in [6.45, 7) is 2.49. The van der Waals surface area contributed by atoms with Crippen LogP contribution >= 0.6 is 0 Å². The molecule has 2 aliphatic rings. The number of carbonyl (C=O) groups excluding carboxylic acids is 1. The van der Waals surface area contributed by atoms with Crippen LogP contribution in [0.3, 0.4) is 0 Å². The van der Waals surface area contributed by atoms with Crippen molar-refractivity contribution in [2.24, 2.45) is 5.41 Å². The van der Waals surface area contributed by atoms with Crippen LogP contribution in [0, 0.1) is 5.41 Å². The van der Waals surface area contributed by atoms with Crippen LogP contribution in [0.15, 0.2) is 0 Å². The number of carbonyl (C=O) groups is 2. The van der Waals surface area contributed by atoms with Gasteiger partial charge in [0.05, 0.1) is 16.9 Å². The number of urea groups is 1. The fourth-order valence-electron chi connectivity index (χ4n) is 2.87. The summed E-state index contributed by atoms with van der Waals surface area (Å²) in [6.07, 6.45) is 1.32. The molecule has 21 heavy (non-hydrogen) atoms. The third-order valence-electron chi connectivity index (χ3n) is 4.71. The molecular weight excluding hydrogens is 296 g/mol. The third-order valence-corrected chi connectivity index (χ3v) is 6.46. The van der Waals surface area contributed by atoms with E-state index in [2.05, 4.69) is 0 Å². The molecule has 2 amide bonds. The van der Waals surface area contributed by atoms with Crippen molar-refractivity contribution in [1.29, 1.82) is 0 Å². The predicted molar refractivity (Wildman–Crippen MR) is 76.8 cm³/mol. The van der Waals surface area contributed by atoms with Crippen LogP contribution in [0.2, 0.25) is 0 Å². The van der Waals surface area contributed by atoms with Crippen molar-refractivity contribution in [1.82, 2.24) is 9.80 Å². The lowest BCUT2D eigenvalue weighted by Gasteiger charge is -2.39. The Morgan fingerprint density at radius 2 is 1.86 bits per heavy atom. The quantitative estimate of drug-likeness (QED) is 0.796. The Labute approximate surface area is 124 Å². The maximum atomic E-state index is 12.4. The highest BCUT2D eigenvalue weighted by molar-refractivity contribution is 7.91. The largest absolute Gasteiger partial charge is 0.481 e. The van der Waals surface area contributed by atoms with E-state index in [-0.39, 0.29) is 23.6 Å². The van der Waals surface area contributed by atoms with E-state index in [1.165, 1.54) is 4.90 Å². The first-order chi connectivity index (χ1) is 9.65. The predicted octanol–water partition coefficient (Wildman–Crippen LogP) is 0.412. The molecule has 0 aromatic rings. The molecule has 1 N–H and O–H groups in total. The van der Waals surface area contributed by atoms with Gasteiger partial charge in [-0.3, -0.25) is 4.79 Å². The summed E-state index contributed by atoms with van der Waals surface area (Å²) in [4.78, 5) is 26.7. The van der Waals surface area contributed by atoms with Gasteiger partial charge in [-0.25, -0.2) is 13.2 Å². The molecule has 1 unspecified atom stereocenters. The van der Waals surface area contributed by atoms with E-state index in [0.29, 0.717) is 32.4 Å². The molecule has 0 aliphatic carbocycles. The van der Waals surface area contributed by atoms with Crippen molar-refractivity contribution < 1.29 is 23.1 Å². The molecule has 0 bridgehead atoms. The summed E-state index contributed by atoms with van der Waals surface area (Å²) in [7, 11) is -1.40. The first kappa shape index (κ1) is 16.1. The van der Waals surface area contributed by atoms with Gasteiger partial charge < -0.3 is 14.9 Å². The Bertz CT molecular complexity index is 537. The van der Waals surface area contributed by atoms with Crippen molar-refractivity contribution >= 4 is 21.8 Å². The van der Waals surface area contributed by atoms with Crippen LogP contribution in [0.1, 0.15) is 26.2 Å². The highest BCUT2D eigenvalue weighted by atomic mass is 32.2. The van der Waals surface area contributed by atoms with Crippen LogP contribution in [-0.4, -0.2) is 73.0 Å². The summed E-state index contributed by atoms with van der Waals surface area (Å²) < 4.78 is 23.0. The van der Waals surface area contributed by atoms with E-state index < -0.39 is 21.2 Å². The zero-order valence-corrected chi connectivity index (χ0v) is 13.2. The standard InChI is InChI=1S/C13H22N2O5S/c1-13(11(16)17)4-6-15(7-5-13)12(18)14(2)10-3-8-21(19,20)9-10/h10H,3-9H2,1-2H3,(H,16,17). The van der Waals surface area contributed by atoms with Gasteiger partial charge in [0.2, 0.25) is 0 Å². The first-order valence-electron chi connectivity index (χ1n) is 7.10.